The van der Waals surface area contributed by atoms with Crippen molar-refractivity contribution in [2.75, 3.05) is 6.54 Å². The van der Waals surface area contributed by atoms with E-state index in [0.717, 1.165) is 12.3 Å². The molecule has 0 fully saturated rings. The highest BCUT2D eigenvalue weighted by Gasteiger charge is 2.25. The Morgan fingerprint density at radius 3 is 2.55 bits per heavy atom. The number of hydrogen-bond acceptors (Lipinski definition) is 3. The maximum atomic E-state index is 12.9. The number of nitrogens with zero attached hydrogens (tertiary/aromatic N) is 1. The Hall–Kier alpha value is -1.98. The van der Waals surface area contributed by atoms with Crippen molar-refractivity contribution in [1.29, 1.82) is 0 Å². The van der Waals surface area contributed by atoms with Gasteiger partial charge in [0.05, 0.1) is 17.7 Å². The molecule has 0 aliphatic rings. The molecular formula is C14H19FN2O3. The van der Waals surface area contributed by atoms with Crippen LogP contribution in [0, 0.1) is 17.2 Å². The number of aliphatic carboxylic acids is 1. The first kappa shape index (κ1) is 16.1. The summed E-state index contributed by atoms with van der Waals surface area (Å²) in [7, 11) is 0. The Balaban J connectivity index is 2.64. The minimum Gasteiger partial charge on any atom is -0.481 e. The molecule has 0 aliphatic heterocycles. The number of aromatic nitrogens is 1. The molecule has 0 saturated carbocycles. The van der Waals surface area contributed by atoms with E-state index in [9.17, 15) is 14.0 Å². The summed E-state index contributed by atoms with van der Waals surface area (Å²) in [6.07, 6.45) is 2.67. The second kappa shape index (κ2) is 6.45. The summed E-state index contributed by atoms with van der Waals surface area (Å²) in [5, 5.41) is 11.6. The van der Waals surface area contributed by atoms with Gasteiger partial charge >= 0.3 is 5.97 Å². The zero-order valence-electron chi connectivity index (χ0n) is 11.8. The number of nitrogens with one attached hydrogen (secondary N) is 1. The lowest BCUT2D eigenvalue weighted by atomic mass is 9.84. The van der Waals surface area contributed by atoms with Gasteiger partial charge in [-0.2, -0.15) is 0 Å². The van der Waals surface area contributed by atoms with Crippen LogP contribution in [-0.2, 0) is 4.79 Å². The Bertz CT molecular complexity index is 497. The number of amides is 1. The average molecular weight is 282 g/mol. The van der Waals surface area contributed by atoms with E-state index in [0.29, 0.717) is 6.42 Å². The summed E-state index contributed by atoms with van der Waals surface area (Å²) in [5.41, 5.74) is -0.0846. The van der Waals surface area contributed by atoms with Crippen LogP contribution in [0.3, 0.4) is 0 Å². The topological polar surface area (TPSA) is 79.3 Å². The first-order valence-corrected chi connectivity index (χ1v) is 6.30. The van der Waals surface area contributed by atoms with Crippen LogP contribution >= 0.6 is 0 Å². The molecule has 1 rings (SSSR count). The fourth-order valence-electron chi connectivity index (χ4n) is 1.84. The highest BCUT2D eigenvalue weighted by molar-refractivity contribution is 5.94. The van der Waals surface area contributed by atoms with Crippen LogP contribution in [0.15, 0.2) is 18.5 Å². The molecular weight excluding hydrogens is 263 g/mol. The fraction of sp³-hybridized carbons (Fsp3) is 0.500. The number of rotatable bonds is 5. The molecule has 110 valence electrons. The monoisotopic (exact) mass is 282 g/mol. The summed E-state index contributed by atoms with van der Waals surface area (Å²) in [6, 6.07) is 1.06. The number of carboxylic acids is 1. The third-order valence-corrected chi connectivity index (χ3v) is 2.68. The van der Waals surface area contributed by atoms with Crippen molar-refractivity contribution >= 4 is 11.9 Å². The molecule has 1 amide bonds. The van der Waals surface area contributed by atoms with Crippen molar-refractivity contribution < 1.29 is 19.1 Å². The number of hydrogen-bond donors (Lipinski definition) is 2. The summed E-state index contributed by atoms with van der Waals surface area (Å²) in [4.78, 5) is 26.5. The summed E-state index contributed by atoms with van der Waals surface area (Å²) in [5.74, 6) is -2.78. The maximum Gasteiger partial charge on any atom is 0.308 e. The molecule has 6 heteroatoms. The van der Waals surface area contributed by atoms with Crippen molar-refractivity contribution in [3.63, 3.8) is 0 Å². The zero-order valence-corrected chi connectivity index (χ0v) is 11.8. The fourth-order valence-corrected chi connectivity index (χ4v) is 1.84. The maximum absolute atomic E-state index is 12.9. The lowest BCUT2D eigenvalue weighted by molar-refractivity contribution is -0.142. The molecule has 2 N–H and O–H groups in total. The van der Waals surface area contributed by atoms with E-state index in [-0.39, 0.29) is 17.5 Å². The van der Waals surface area contributed by atoms with Crippen LogP contribution in [-0.4, -0.2) is 28.5 Å². The van der Waals surface area contributed by atoms with Gasteiger partial charge in [0.2, 0.25) is 0 Å². The van der Waals surface area contributed by atoms with Gasteiger partial charge in [0.1, 0.15) is 5.82 Å². The molecule has 0 aromatic carbocycles. The molecule has 0 radical (unpaired) electrons. The third kappa shape index (κ3) is 5.34. The summed E-state index contributed by atoms with van der Waals surface area (Å²) < 4.78 is 12.9. The van der Waals surface area contributed by atoms with E-state index in [1.807, 2.05) is 20.8 Å². The van der Waals surface area contributed by atoms with Crippen molar-refractivity contribution in [3.05, 3.63) is 29.8 Å². The highest BCUT2D eigenvalue weighted by Crippen LogP contribution is 2.24. The van der Waals surface area contributed by atoms with E-state index in [4.69, 9.17) is 5.11 Å². The van der Waals surface area contributed by atoms with Gasteiger partial charge in [-0.05, 0) is 17.9 Å². The minimum absolute atomic E-state index is 0.00193. The summed E-state index contributed by atoms with van der Waals surface area (Å²) in [6.45, 7) is 5.80. The SMILES string of the molecule is CC(C)(C)CC(CNC(=O)c1cncc(F)c1)C(=O)O. The molecule has 1 atom stereocenters. The number of carbonyl (C=O) groups excluding carboxylic acids is 1. The van der Waals surface area contributed by atoms with Gasteiger partial charge in [-0.25, -0.2) is 4.39 Å². The molecule has 0 spiro atoms. The Labute approximate surface area is 117 Å². The highest BCUT2D eigenvalue weighted by atomic mass is 19.1. The molecule has 1 heterocycles. The number of halogens is 1. The van der Waals surface area contributed by atoms with E-state index in [1.54, 1.807) is 0 Å². The number of pyridine rings is 1. The van der Waals surface area contributed by atoms with E-state index in [2.05, 4.69) is 10.3 Å². The van der Waals surface area contributed by atoms with Gasteiger partial charge in [-0.15, -0.1) is 0 Å². The second-order valence-electron chi connectivity index (χ2n) is 5.90. The predicted molar refractivity (Wildman–Crippen MR) is 71.7 cm³/mol. The molecule has 1 aromatic heterocycles. The standard InChI is InChI=1S/C14H19FN2O3/c1-14(2,3)5-10(13(19)20)7-17-12(18)9-4-11(15)8-16-6-9/h4,6,8,10H,5,7H2,1-3H3,(H,17,18)(H,19,20). The van der Waals surface area contributed by atoms with E-state index < -0.39 is 23.6 Å². The quantitative estimate of drug-likeness (QED) is 0.866. The first-order chi connectivity index (χ1) is 9.19. The Kier molecular flexibility index (Phi) is 5.19. The van der Waals surface area contributed by atoms with Gasteiger partial charge in [-0.3, -0.25) is 14.6 Å². The number of carboxylic acid groups (broad SMARTS) is 1. The molecule has 1 aromatic rings. The van der Waals surface area contributed by atoms with E-state index >= 15 is 0 Å². The molecule has 20 heavy (non-hydrogen) atoms. The zero-order chi connectivity index (χ0) is 15.3. The van der Waals surface area contributed by atoms with Crippen molar-refractivity contribution in [2.24, 2.45) is 11.3 Å². The lowest BCUT2D eigenvalue weighted by Crippen LogP contribution is -2.35. The third-order valence-electron chi connectivity index (χ3n) is 2.68. The van der Waals surface area contributed by atoms with Crippen LogP contribution in [0.1, 0.15) is 37.6 Å². The van der Waals surface area contributed by atoms with Gasteiger partial charge in [0.25, 0.3) is 5.91 Å². The normalized spacial score (nSPS) is 12.8. The van der Waals surface area contributed by atoms with Gasteiger partial charge < -0.3 is 10.4 Å². The van der Waals surface area contributed by atoms with Crippen molar-refractivity contribution in [2.45, 2.75) is 27.2 Å². The van der Waals surface area contributed by atoms with Crippen LogP contribution in [0.2, 0.25) is 0 Å². The van der Waals surface area contributed by atoms with Crippen LogP contribution in [0.4, 0.5) is 4.39 Å². The predicted octanol–water partition coefficient (Wildman–Crippen LogP) is 2.09. The second-order valence-corrected chi connectivity index (χ2v) is 5.90. The minimum atomic E-state index is -0.961. The molecule has 0 aliphatic carbocycles. The van der Waals surface area contributed by atoms with Gasteiger partial charge in [0.15, 0.2) is 0 Å². The largest absolute Gasteiger partial charge is 0.481 e. The van der Waals surface area contributed by atoms with Gasteiger partial charge in [-0.1, -0.05) is 20.8 Å². The van der Waals surface area contributed by atoms with Crippen LogP contribution in [0.5, 0.6) is 0 Å². The number of carbonyl (C=O) groups is 2. The first-order valence-electron chi connectivity index (χ1n) is 6.30. The summed E-state index contributed by atoms with van der Waals surface area (Å²) >= 11 is 0. The van der Waals surface area contributed by atoms with Crippen LogP contribution < -0.4 is 5.32 Å². The average Bonchev–Trinajstić information content (AvgIpc) is 2.32. The molecule has 0 saturated heterocycles. The smallest absolute Gasteiger partial charge is 0.308 e. The van der Waals surface area contributed by atoms with Crippen molar-refractivity contribution in [1.82, 2.24) is 10.3 Å². The Morgan fingerprint density at radius 2 is 2.05 bits per heavy atom. The van der Waals surface area contributed by atoms with Gasteiger partial charge in [0, 0.05) is 12.7 Å². The van der Waals surface area contributed by atoms with Crippen LogP contribution in [0.25, 0.3) is 0 Å². The Morgan fingerprint density at radius 1 is 1.40 bits per heavy atom. The van der Waals surface area contributed by atoms with E-state index in [1.165, 1.54) is 6.20 Å². The lowest BCUT2D eigenvalue weighted by Gasteiger charge is -2.23. The molecule has 0 bridgehead atoms. The molecule has 1 unspecified atom stereocenters. The molecule has 5 nitrogen and oxygen atoms in total. The van der Waals surface area contributed by atoms with Crippen molar-refractivity contribution in [3.8, 4) is 0 Å².